The quantitative estimate of drug-likeness (QED) is 0.694. The van der Waals surface area contributed by atoms with Gasteiger partial charge in [-0.1, -0.05) is 19.8 Å². The van der Waals surface area contributed by atoms with Crippen molar-refractivity contribution < 1.29 is 14.7 Å². The fraction of sp³-hybridized carbons (Fsp3) is 0.733. The van der Waals surface area contributed by atoms with Crippen LogP contribution >= 0.6 is 0 Å². The van der Waals surface area contributed by atoms with Gasteiger partial charge in [-0.3, -0.25) is 14.5 Å². The molecule has 0 aliphatic carbocycles. The predicted octanol–water partition coefficient (Wildman–Crippen LogP) is 1.48. The molecule has 1 amide bonds. The Bertz CT molecular complexity index is 387. The monoisotopic (exact) mass is 282 g/mol. The number of nitrogens with one attached hydrogen (secondary N) is 1. The van der Waals surface area contributed by atoms with Crippen LogP contribution in [0.1, 0.15) is 47.5 Å². The van der Waals surface area contributed by atoms with Crippen molar-refractivity contribution in [2.45, 2.75) is 58.5 Å². The van der Waals surface area contributed by atoms with Crippen molar-refractivity contribution in [2.75, 3.05) is 13.1 Å². The van der Waals surface area contributed by atoms with Crippen molar-refractivity contribution in [3.05, 3.63) is 0 Å². The summed E-state index contributed by atoms with van der Waals surface area (Å²) in [6, 6.07) is 0. The molecule has 0 fully saturated rings. The predicted molar refractivity (Wildman–Crippen MR) is 79.3 cm³/mol. The summed E-state index contributed by atoms with van der Waals surface area (Å²) in [5.41, 5.74) is -1.06. The summed E-state index contributed by atoms with van der Waals surface area (Å²) in [6.45, 7) is 9.29. The molecule has 0 saturated carbocycles. The summed E-state index contributed by atoms with van der Waals surface area (Å²) >= 11 is 0. The number of rotatable bonds is 7. The minimum absolute atomic E-state index is 0.0131. The molecule has 0 aromatic heterocycles. The Kier molecular flexibility index (Phi) is 6.74. The molecular weight excluding hydrogens is 256 g/mol. The van der Waals surface area contributed by atoms with Crippen LogP contribution in [-0.4, -0.2) is 46.1 Å². The Morgan fingerprint density at radius 2 is 1.70 bits per heavy atom. The number of hydrogen-bond acceptors (Lipinski definition) is 3. The lowest BCUT2D eigenvalue weighted by atomic mass is 9.94. The van der Waals surface area contributed by atoms with E-state index in [9.17, 15) is 9.59 Å². The van der Waals surface area contributed by atoms with Gasteiger partial charge in [0.1, 0.15) is 5.54 Å². The summed E-state index contributed by atoms with van der Waals surface area (Å²) < 4.78 is 0. The molecule has 5 heteroatoms. The van der Waals surface area contributed by atoms with Gasteiger partial charge < -0.3 is 10.4 Å². The van der Waals surface area contributed by atoms with Crippen molar-refractivity contribution in [1.82, 2.24) is 10.2 Å². The van der Waals surface area contributed by atoms with E-state index in [4.69, 9.17) is 11.5 Å². The Hall–Kier alpha value is -1.54. The van der Waals surface area contributed by atoms with Gasteiger partial charge in [-0.25, -0.2) is 0 Å². The first-order chi connectivity index (χ1) is 9.10. The van der Waals surface area contributed by atoms with Crippen LogP contribution in [0.2, 0.25) is 0 Å². The number of carbonyl (C=O) groups is 2. The maximum Gasteiger partial charge on any atom is 0.317 e. The third-order valence-electron chi connectivity index (χ3n) is 3.47. The van der Waals surface area contributed by atoms with Gasteiger partial charge in [-0.2, -0.15) is 0 Å². The van der Waals surface area contributed by atoms with Crippen molar-refractivity contribution >= 4 is 11.9 Å². The van der Waals surface area contributed by atoms with Gasteiger partial charge in [0, 0.05) is 5.54 Å². The van der Waals surface area contributed by atoms with Crippen LogP contribution in [0, 0.1) is 12.3 Å². The Morgan fingerprint density at radius 3 is 2.00 bits per heavy atom. The molecule has 114 valence electrons. The summed E-state index contributed by atoms with van der Waals surface area (Å²) in [5, 5.41) is 11.8. The minimum atomic E-state index is -0.957. The fourth-order valence-corrected chi connectivity index (χ4v) is 1.84. The highest BCUT2D eigenvalue weighted by Crippen LogP contribution is 2.15. The molecule has 0 bridgehead atoms. The number of terminal acetylenes is 1. The Balaban J connectivity index is 4.86. The van der Waals surface area contributed by atoms with E-state index >= 15 is 0 Å². The molecule has 0 rings (SSSR count). The van der Waals surface area contributed by atoms with Crippen LogP contribution in [0.15, 0.2) is 0 Å². The molecule has 5 nitrogen and oxygen atoms in total. The van der Waals surface area contributed by atoms with E-state index in [2.05, 4.69) is 11.2 Å². The standard InChI is InChI=1S/C15H26N2O3/c1-7-15(8-2,9-3)16-12(18)10-17(11-13(19)20)14(4,5)6/h1H,8-11H2,2-6H3,(H,16,18)(H,19,20). The van der Waals surface area contributed by atoms with Gasteiger partial charge in [0.2, 0.25) is 5.91 Å². The second-order valence-electron chi connectivity index (χ2n) is 5.90. The molecular formula is C15H26N2O3. The normalized spacial score (nSPS) is 12.1. The van der Waals surface area contributed by atoms with E-state index in [1.165, 1.54) is 0 Å². The van der Waals surface area contributed by atoms with Crippen LogP contribution < -0.4 is 5.32 Å². The average molecular weight is 282 g/mol. The lowest BCUT2D eigenvalue weighted by Gasteiger charge is -2.35. The summed E-state index contributed by atoms with van der Waals surface area (Å²) in [4.78, 5) is 24.6. The summed E-state index contributed by atoms with van der Waals surface area (Å²) in [7, 11) is 0. The SMILES string of the molecule is C#CC(CC)(CC)NC(=O)CN(CC(=O)O)C(C)(C)C. The second-order valence-corrected chi connectivity index (χ2v) is 5.90. The number of carboxylic acid groups (broad SMARTS) is 1. The number of amides is 1. The number of nitrogens with zero attached hydrogens (tertiary/aromatic N) is 1. The second kappa shape index (κ2) is 7.30. The molecule has 0 spiro atoms. The number of carbonyl (C=O) groups excluding carboxylic acids is 1. The van der Waals surface area contributed by atoms with E-state index in [1.807, 2.05) is 34.6 Å². The van der Waals surface area contributed by atoms with E-state index in [0.717, 1.165) is 0 Å². The molecule has 0 unspecified atom stereocenters. The van der Waals surface area contributed by atoms with Crippen LogP contribution in [0.25, 0.3) is 0 Å². The molecule has 0 aliphatic heterocycles. The highest BCUT2D eigenvalue weighted by molar-refractivity contribution is 5.80. The molecule has 0 saturated heterocycles. The van der Waals surface area contributed by atoms with E-state index in [1.54, 1.807) is 4.90 Å². The first-order valence-corrected chi connectivity index (χ1v) is 6.86. The molecule has 2 N–H and O–H groups in total. The average Bonchev–Trinajstić information content (AvgIpc) is 2.33. The Morgan fingerprint density at radius 1 is 1.20 bits per heavy atom. The smallest absolute Gasteiger partial charge is 0.317 e. The van der Waals surface area contributed by atoms with Crippen LogP contribution in [0.4, 0.5) is 0 Å². The molecule has 0 atom stereocenters. The van der Waals surface area contributed by atoms with Gasteiger partial charge in [0.25, 0.3) is 0 Å². The zero-order chi connectivity index (χ0) is 16.0. The molecule has 0 aromatic carbocycles. The van der Waals surface area contributed by atoms with Gasteiger partial charge >= 0.3 is 5.97 Å². The third kappa shape index (κ3) is 5.62. The minimum Gasteiger partial charge on any atom is -0.480 e. The maximum atomic E-state index is 12.1. The van der Waals surface area contributed by atoms with E-state index in [-0.39, 0.29) is 19.0 Å². The van der Waals surface area contributed by atoms with Crippen molar-refractivity contribution in [3.8, 4) is 12.3 Å². The molecule has 0 aliphatic rings. The zero-order valence-electron chi connectivity index (χ0n) is 13.1. The lowest BCUT2D eigenvalue weighted by Crippen LogP contribution is -2.54. The zero-order valence-corrected chi connectivity index (χ0v) is 13.1. The number of hydrogen-bond donors (Lipinski definition) is 2. The van der Waals surface area contributed by atoms with E-state index in [0.29, 0.717) is 12.8 Å². The van der Waals surface area contributed by atoms with Crippen LogP contribution in [0.5, 0.6) is 0 Å². The van der Waals surface area contributed by atoms with Gasteiger partial charge in [0.05, 0.1) is 13.1 Å². The van der Waals surface area contributed by atoms with Gasteiger partial charge in [-0.05, 0) is 33.6 Å². The first-order valence-electron chi connectivity index (χ1n) is 6.86. The third-order valence-corrected chi connectivity index (χ3v) is 3.47. The highest BCUT2D eigenvalue weighted by atomic mass is 16.4. The fourth-order valence-electron chi connectivity index (χ4n) is 1.84. The molecule has 0 aromatic rings. The number of carboxylic acids is 1. The highest BCUT2D eigenvalue weighted by Gasteiger charge is 2.29. The summed E-state index contributed by atoms with van der Waals surface area (Å²) in [5.74, 6) is 1.43. The van der Waals surface area contributed by atoms with Crippen molar-refractivity contribution in [2.24, 2.45) is 0 Å². The largest absolute Gasteiger partial charge is 0.480 e. The first kappa shape index (κ1) is 18.5. The van der Waals surface area contributed by atoms with E-state index < -0.39 is 17.0 Å². The van der Waals surface area contributed by atoms with Crippen LogP contribution in [0.3, 0.4) is 0 Å². The Labute approximate surface area is 121 Å². The molecule has 20 heavy (non-hydrogen) atoms. The maximum absolute atomic E-state index is 12.1. The number of aliphatic carboxylic acids is 1. The van der Waals surface area contributed by atoms with Crippen molar-refractivity contribution in [1.29, 1.82) is 0 Å². The molecule has 0 radical (unpaired) electrons. The summed E-state index contributed by atoms with van der Waals surface area (Å²) in [6.07, 6.45) is 6.78. The van der Waals surface area contributed by atoms with Crippen LogP contribution in [-0.2, 0) is 9.59 Å². The molecule has 0 heterocycles. The van der Waals surface area contributed by atoms with Crippen molar-refractivity contribution in [3.63, 3.8) is 0 Å². The van der Waals surface area contributed by atoms with Gasteiger partial charge in [-0.15, -0.1) is 6.42 Å². The topological polar surface area (TPSA) is 69.6 Å². The van der Waals surface area contributed by atoms with Gasteiger partial charge in [0.15, 0.2) is 0 Å². The lowest BCUT2D eigenvalue weighted by molar-refractivity contribution is -0.140.